The van der Waals surface area contributed by atoms with Crippen molar-refractivity contribution in [2.24, 2.45) is 0 Å². The first-order chi connectivity index (χ1) is 18.6. The first-order valence-electron chi connectivity index (χ1n) is 9.69. The van der Waals surface area contributed by atoms with Crippen molar-refractivity contribution in [1.29, 1.82) is 0 Å². The second-order valence-corrected chi connectivity index (χ2v) is 15.4. The topological polar surface area (TPSA) is 343 Å². The summed E-state index contributed by atoms with van der Waals surface area (Å²) in [6.07, 6.45) is 0. The first-order valence-corrected chi connectivity index (χ1v) is 18.1. The van der Waals surface area contributed by atoms with Crippen molar-refractivity contribution >= 4 is 60.7 Å². The molecule has 18 nitrogen and oxygen atoms in total. The summed E-state index contributed by atoms with van der Waals surface area (Å²) < 4.78 is 187. The van der Waals surface area contributed by atoms with Gasteiger partial charge in [-0.05, 0) is 72.8 Å². The molecule has 0 spiro atoms. The standard InChI is InChI=1S/3C6H6O6S2.6Na/c3*7-13(8,9)5-1-2-6(4-3-5)14(10,11)12;;;;;;/h3*1-4H,(H,7,8,9)(H,10,11,12);;;;;;/q;;;6*+1/p-6. The summed E-state index contributed by atoms with van der Waals surface area (Å²) in [7, 11) is -27.7. The summed E-state index contributed by atoms with van der Waals surface area (Å²) in [4.78, 5) is -3.47. The summed E-state index contributed by atoms with van der Waals surface area (Å²) in [6, 6.07) is 9.25. The smallest absolute Gasteiger partial charge is 0.744 e. The zero-order chi connectivity index (χ0) is 32.9. The molecular formula is C18H12Na6O18S6. The third-order valence-electron chi connectivity index (χ3n) is 4.20. The van der Waals surface area contributed by atoms with E-state index in [4.69, 9.17) is 0 Å². The maximum absolute atomic E-state index is 10.4. The molecule has 0 heterocycles. The van der Waals surface area contributed by atoms with Crippen molar-refractivity contribution in [1.82, 2.24) is 0 Å². The van der Waals surface area contributed by atoms with E-state index in [9.17, 15) is 77.8 Å². The molecule has 0 aliphatic rings. The van der Waals surface area contributed by atoms with E-state index in [-0.39, 0.29) is 177 Å². The molecule has 48 heavy (non-hydrogen) atoms. The van der Waals surface area contributed by atoms with Crippen LogP contribution >= 0.6 is 0 Å². The Balaban J connectivity index is -0.000000130. The third-order valence-corrected chi connectivity index (χ3v) is 9.30. The molecule has 234 valence electrons. The van der Waals surface area contributed by atoms with Gasteiger partial charge in [0.1, 0.15) is 60.7 Å². The fourth-order valence-corrected chi connectivity index (χ4v) is 5.14. The summed E-state index contributed by atoms with van der Waals surface area (Å²) in [6.45, 7) is 0. The Labute approximate surface area is 410 Å². The van der Waals surface area contributed by atoms with Crippen molar-refractivity contribution in [3.05, 3.63) is 72.8 Å². The Hall–Kier alpha value is 3.12. The molecule has 0 saturated heterocycles. The van der Waals surface area contributed by atoms with E-state index in [1.807, 2.05) is 0 Å². The van der Waals surface area contributed by atoms with Crippen LogP contribution in [0.2, 0.25) is 0 Å². The molecule has 0 aromatic heterocycles. The van der Waals surface area contributed by atoms with Gasteiger partial charge in [0.2, 0.25) is 0 Å². The van der Waals surface area contributed by atoms with Crippen molar-refractivity contribution in [2.75, 3.05) is 0 Å². The minimum absolute atomic E-state index is 0. The Bertz CT molecular complexity index is 1690. The predicted molar refractivity (Wildman–Crippen MR) is 127 cm³/mol. The predicted octanol–water partition coefficient (Wildman–Crippen LogP) is -19.5. The molecule has 30 heteroatoms. The molecule has 0 atom stereocenters. The van der Waals surface area contributed by atoms with Gasteiger partial charge in [0.05, 0.1) is 29.4 Å². The van der Waals surface area contributed by atoms with Gasteiger partial charge in [-0.2, -0.15) is 0 Å². The van der Waals surface area contributed by atoms with Gasteiger partial charge in [-0.25, -0.2) is 50.5 Å². The monoisotopic (exact) mass is 846 g/mol. The molecule has 0 fully saturated rings. The van der Waals surface area contributed by atoms with Crippen LogP contribution in [0.15, 0.2) is 102 Å². The first kappa shape index (κ1) is 63.1. The van der Waals surface area contributed by atoms with Gasteiger partial charge >= 0.3 is 177 Å². The third kappa shape index (κ3) is 23.8. The summed E-state index contributed by atoms with van der Waals surface area (Å²) in [5.74, 6) is 0. The van der Waals surface area contributed by atoms with Crippen molar-refractivity contribution < 1.29 is 255 Å². The van der Waals surface area contributed by atoms with Crippen LogP contribution in [-0.4, -0.2) is 77.8 Å². The molecule has 0 aliphatic carbocycles. The molecule has 3 aromatic carbocycles. The number of rotatable bonds is 6. The SMILES string of the molecule is O=S(=O)([O-])c1ccc(S(=O)(=O)[O-])cc1.O=S(=O)([O-])c1ccc(S(=O)(=O)[O-])cc1.O=S(=O)([O-])c1ccc(S(=O)(=O)[O-])cc1.[Na+].[Na+].[Na+].[Na+].[Na+].[Na+]. The van der Waals surface area contributed by atoms with Gasteiger partial charge in [-0.15, -0.1) is 0 Å². The minimum atomic E-state index is -4.61. The van der Waals surface area contributed by atoms with E-state index in [1.54, 1.807) is 0 Å². The van der Waals surface area contributed by atoms with E-state index in [0.29, 0.717) is 0 Å². The second kappa shape index (κ2) is 25.3. The Kier molecular flexibility index (Phi) is 33.3. The van der Waals surface area contributed by atoms with E-state index in [2.05, 4.69) is 0 Å². The van der Waals surface area contributed by atoms with Crippen LogP contribution in [0.25, 0.3) is 0 Å². The number of hydrogen-bond donors (Lipinski definition) is 0. The fraction of sp³-hybridized carbons (Fsp3) is 0. The van der Waals surface area contributed by atoms with Crippen LogP contribution in [0.3, 0.4) is 0 Å². The zero-order valence-corrected chi connectivity index (χ0v) is 42.6. The van der Waals surface area contributed by atoms with Crippen LogP contribution in [0, 0.1) is 0 Å². The number of benzene rings is 3. The zero-order valence-electron chi connectivity index (χ0n) is 25.7. The van der Waals surface area contributed by atoms with Crippen LogP contribution in [0.4, 0.5) is 0 Å². The number of hydrogen-bond acceptors (Lipinski definition) is 18. The van der Waals surface area contributed by atoms with Gasteiger partial charge in [-0.1, -0.05) is 0 Å². The normalized spacial score (nSPS) is 11.1. The molecule has 0 amide bonds. The van der Waals surface area contributed by atoms with Crippen LogP contribution < -0.4 is 177 Å². The summed E-state index contributed by atoms with van der Waals surface area (Å²) in [5.41, 5.74) is 0. The Morgan fingerprint density at radius 3 is 0.333 bits per heavy atom. The molecule has 0 aliphatic heterocycles. The molecule has 3 rings (SSSR count). The molecular weight excluding hydrogens is 835 g/mol. The van der Waals surface area contributed by atoms with Gasteiger partial charge in [0.25, 0.3) is 0 Å². The average molecular weight is 847 g/mol. The van der Waals surface area contributed by atoms with Gasteiger partial charge in [-0.3, -0.25) is 0 Å². The van der Waals surface area contributed by atoms with E-state index >= 15 is 0 Å². The molecule has 0 unspecified atom stereocenters. The van der Waals surface area contributed by atoms with Crippen LogP contribution in [0.1, 0.15) is 0 Å². The van der Waals surface area contributed by atoms with E-state index in [0.717, 1.165) is 72.8 Å². The average Bonchev–Trinajstić information content (AvgIpc) is 2.82. The minimum Gasteiger partial charge on any atom is -0.744 e. The molecule has 3 aromatic rings. The van der Waals surface area contributed by atoms with E-state index in [1.165, 1.54) is 0 Å². The second-order valence-electron chi connectivity index (χ2n) is 7.14. The Morgan fingerprint density at radius 2 is 0.292 bits per heavy atom. The molecule has 0 bridgehead atoms. The van der Waals surface area contributed by atoms with Gasteiger partial charge in [0, 0.05) is 0 Å². The quantitative estimate of drug-likeness (QED) is 0.164. The van der Waals surface area contributed by atoms with E-state index < -0.39 is 90.1 Å². The van der Waals surface area contributed by atoms with Crippen molar-refractivity contribution in [3.63, 3.8) is 0 Å². The Morgan fingerprint density at radius 1 is 0.229 bits per heavy atom. The van der Waals surface area contributed by atoms with Gasteiger partial charge in [0.15, 0.2) is 0 Å². The molecule has 0 saturated carbocycles. The molecule has 0 radical (unpaired) electrons. The van der Waals surface area contributed by atoms with Crippen molar-refractivity contribution in [2.45, 2.75) is 29.4 Å². The largest absolute Gasteiger partial charge is 1.00 e. The molecule has 0 N–H and O–H groups in total. The maximum Gasteiger partial charge on any atom is 1.00 e. The van der Waals surface area contributed by atoms with Crippen molar-refractivity contribution in [3.8, 4) is 0 Å². The van der Waals surface area contributed by atoms with Crippen LogP contribution in [-0.2, 0) is 60.7 Å². The summed E-state index contributed by atoms with van der Waals surface area (Å²) in [5, 5.41) is 0. The summed E-state index contributed by atoms with van der Waals surface area (Å²) >= 11 is 0. The fourth-order valence-electron chi connectivity index (χ4n) is 2.32. The van der Waals surface area contributed by atoms with Crippen LogP contribution in [0.5, 0.6) is 0 Å². The maximum atomic E-state index is 10.4. The van der Waals surface area contributed by atoms with Gasteiger partial charge < -0.3 is 27.3 Å².